The van der Waals surface area contributed by atoms with Crippen molar-refractivity contribution in [2.75, 3.05) is 20.2 Å². The number of halogens is 1. The summed E-state index contributed by atoms with van der Waals surface area (Å²) in [5, 5.41) is 0.792. The quantitative estimate of drug-likeness (QED) is 0.684. The third-order valence-corrected chi connectivity index (χ3v) is 5.95. The highest BCUT2D eigenvalue weighted by Gasteiger charge is 2.22. The van der Waals surface area contributed by atoms with Crippen molar-refractivity contribution in [1.82, 2.24) is 4.90 Å². The van der Waals surface area contributed by atoms with Crippen molar-refractivity contribution in [2.45, 2.75) is 38.8 Å². The molecule has 2 N–H and O–H groups in total. The number of hydrogen-bond donors (Lipinski definition) is 1. The summed E-state index contributed by atoms with van der Waals surface area (Å²) in [5.74, 6) is 2.40. The van der Waals surface area contributed by atoms with Gasteiger partial charge in [-0.1, -0.05) is 35.9 Å². The smallest absolute Gasteiger partial charge is 0.118 e. The van der Waals surface area contributed by atoms with E-state index in [9.17, 15) is 0 Å². The molecule has 2 aromatic rings. The Balaban J connectivity index is 1.66. The van der Waals surface area contributed by atoms with Gasteiger partial charge in [0.25, 0.3) is 0 Å². The van der Waals surface area contributed by atoms with E-state index in [0.717, 1.165) is 48.8 Å². The Labute approximate surface area is 168 Å². The second-order valence-corrected chi connectivity index (χ2v) is 8.20. The number of methoxy groups -OCH3 is 1. The van der Waals surface area contributed by atoms with Crippen LogP contribution in [0.3, 0.4) is 0 Å². The SMILES string of the molecule is COc1ccc(CN(Cc2ccc(Cl)cc2)CC2CCC(CN)CC2)cc1. The zero-order valence-electron chi connectivity index (χ0n) is 16.2. The molecule has 1 aliphatic carbocycles. The van der Waals surface area contributed by atoms with Gasteiger partial charge in [-0.3, -0.25) is 4.90 Å². The van der Waals surface area contributed by atoms with Gasteiger partial charge in [-0.15, -0.1) is 0 Å². The molecule has 0 atom stereocenters. The van der Waals surface area contributed by atoms with Gasteiger partial charge in [-0.05, 0) is 79.5 Å². The molecule has 0 amide bonds. The summed E-state index contributed by atoms with van der Waals surface area (Å²) in [5.41, 5.74) is 8.49. The topological polar surface area (TPSA) is 38.5 Å². The van der Waals surface area contributed by atoms with Gasteiger partial charge in [0.1, 0.15) is 5.75 Å². The van der Waals surface area contributed by atoms with E-state index in [0.29, 0.717) is 0 Å². The molecule has 0 heterocycles. The molecule has 1 saturated carbocycles. The minimum Gasteiger partial charge on any atom is -0.497 e. The summed E-state index contributed by atoms with van der Waals surface area (Å²) in [4.78, 5) is 2.57. The summed E-state index contributed by atoms with van der Waals surface area (Å²) >= 11 is 6.05. The molecule has 0 bridgehead atoms. The molecular weight excluding hydrogens is 356 g/mol. The van der Waals surface area contributed by atoms with Gasteiger partial charge in [-0.25, -0.2) is 0 Å². The van der Waals surface area contributed by atoms with Crippen LogP contribution in [-0.2, 0) is 13.1 Å². The third kappa shape index (κ3) is 6.24. The predicted molar refractivity (Wildman–Crippen MR) is 113 cm³/mol. The summed E-state index contributed by atoms with van der Waals surface area (Å²) in [6.07, 6.45) is 5.14. The van der Waals surface area contributed by atoms with Gasteiger partial charge in [0.2, 0.25) is 0 Å². The summed E-state index contributed by atoms with van der Waals surface area (Å²) in [7, 11) is 1.71. The van der Waals surface area contributed by atoms with E-state index < -0.39 is 0 Å². The fourth-order valence-corrected chi connectivity index (χ4v) is 4.16. The van der Waals surface area contributed by atoms with E-state index in [4.69, 9.17) is 22.1 Å². The lowest BCUT2D eigenvalue weighted by molar-refractivity contribution is 0.170. The van der Waals surface area contributed by atoms with E-state index in [-0.39, 0.29) is 0 Å². The fraction of sp³-hybridized carbons (Fsp3) is 0.478. The van der Waals surface area contributed by atoms with Crippen LogP contribution < -0.4 is 10.5 Å². The number of nitrogens with two attached hydrogens (primary N) is 1. The van der Waals surface area contributed by atoms with E-state index in [1.54, 1.807) is 7.11 Å². The van der Waals surface area contributed by atoms with Crippen molar-refractivity contribution >= 4 is 11.6 Å². The maximum Gasteiger partial charge on any atom is 0.118 e. The number of ether oxygens (including phenoxy) is 1. The minimum atomic E-state index is 0.729. The van der Waals surface area contributed by atoms with Crippen molar-refractivity contribution in [1.29, 1.82) is 0 Å². The lowest BCUT2D eigenvalue weighted by atomic mass is 9.82. The van der Waals surface area contributed by atoms with Crippen LogP contribution in [0.25, 0.3) is 0 Å². The van der Waals surface area contributed by atoms with Gasteiger partial charge in [-0.2, -0.15) is 0 Å². The molecule has 3 rings (SSSR count). The lowest BCUT2D eigenvalue weighted by Gasteiger charge is -2.32. The molecule has 0 saturated heterocycles. The van der Waals surface area contributed by atoms with Gasteiger partial charge in [0, 0.05) is 24.7 Å². The highest BCUT2D eigenvalue weighted by atomic mass is 35.5. The van der Waals surface area contributed by atoms with Crippen LogP contribution in [0.4, 0.5) is 0 Å². The Morgan fingerprint density at radius 2 is 1.41 bits per heavy atom. The summed E-state index contributed by atoms with van der Waals surface area (Å²) in [6.45, 7) is 3.86. The molecule has 0 aliphatic heterocycles. The van der Waals surface area contributed by atoms with E-state index >= 15 is 0 Å². The fourth-order valence-electron chi connectivity index (χ4n) is 4.04. The van der Waals surface area contributed by atoms with Crippen LogP contribution in [0.15, 0.2) is 48.5 Å². The van der Waals surface area contributed by atoms with Crippen molar-refractivity contribution in [2.24, 2.45) is 17.6 Å². The Morgan fingerprint density at radius 3 is 1.93 bits per heavy atom. The van der Waals surface area contributed by atoms with Crippen LogP contribution in [0.2, 0.25) is 5.02 Å². The van der Waals surface area contributed by atoms with Crippen molar-refractivity contribution in [3.05, 3.63) is 64.7 Å². The zero-order valence-corrected chi connectivity index (χ0v) is 17.0. The van der Waals surface area contributed by atoms with Gasteiger partial charge < -0.3 is 10.5 Å². The number of rotatable bonds is 8. The van der Waals surface area contributed by atoms with Crippen molar-refractivity contribution in [3.8, 4) is 5.75 Å². The molecule has 0 aromatic heterocycles. The van der Waals surface area contributed by atoms with E-state index in [1.807, 2.05) is 24.3 Å². The lowest BCUT2D eigenvalue weighted by Crippen LogP contribution is -2.32. The predicted octanol–water partition coefficient (Wildman–Crippen LogP) is 5.12. The Bertz CT molecular complexity index is 679. The maximum atomic E-state index is 6.05. The van der Waals surface area contributed by atoms with Crippen LogP contribution in [0.5, 0.6) is 5.75 Å². The first-order valence-corrected chi connectivity index (χ1v) is 10.3. The Hall–Kier alpha value is -1.55. The number of nitrogens with zero attached hydrogens (tertiary/aromatic N) is 1. The molecule has 4 heteroatoms. The second-order valence-electron chi connectivity index (χ2n) is 7.77. The average molecular weight is 387 g/mol. The molecule has 27 heavy (non-hydrogen) atoms. The number of benzene rings is 2. The number of hydrogen-bond acceptors (Lipinski definition) is 3. The van der Waals surface area contributed by atoms with Gasteiger partial charge >= 0.3 is 0 Å². The first kappa shape index (κ1) is 20.2. The summed E-state index contributed by atoms with van der Waals surface area (Å²) < 4.78 is 5.29. The molecular formula is C23H31ClN2O. The van der Waals surface area contributed by atoms with Crippen molar-refractivity contribution < 1.29 is 4.74 Å². The molecule has 2 aromatic carbocycles. The average Bonchev–Trinajstić information content (AvgIpc) is 2.71. The minimum absolute atomic E-state index is 0.729. The largest absolute Gasteiger partial charge is 0.497 e. The van der Waals surface area contributed by atoms with Crippen LogP contribution in [0, 0.1) is 11.8 Å². The molecule has 3 nitrogen and oxygen atoms in total. The second kappa shape index (κ2) is 10.1. The van der Waals surface area contributed by atoms with E-state index in [2.05, 4.69) is 29.2 Å². The molecule has 0 radical (unpaired) electrons. The standard InChI is InChI=1S/C23H31ClN2O/c1-27-23-12-8-21(9-13-23)17-26(16-20-6-10-22(24)11-7-20)15-19-4-2-18(14-25)3-5-19/h6-13,18-19H,2-5,14-17,25H2,1H3. The zero-order chi connectivity index (χ0) is 19.1. The molecule has 0 unspecified atom stereocenters. The Morgan fingerprint density at radius 1 is 0.889 bits per heavy atom. The molecule has 0 spiro atoms. The highest BCUT2D eigenvalue weighted by Crippen LogP contribution is 2.29. The van der Waals surface area contributed by atoms with Gasteiger partial charge in [0.15, 0.2) is 0 Å². The molecule has 1 aliphatic rings. The van der Waals surface area contributed by atoms with Crippen LogP contribution in [-0.4, -0.2) is 25.1 Å². The van der Waals surface area contributed by atoms with Crippen LogP contribution >= 0.6 is 11.6 Å². The van der Waals surface area contributed by atoms with Crippen LogP contribution in [0.1, 0.15) is 36.8 Å². The van der Waals surface area contributed by atoms with Gasteiger partial charge in [0.05, 0.1) is 7.11 Å². The third-order valence-electron chi connectivity index (χ3n) is 5.70. The molecule has 1 fully saturated rings. The first-order valence-electron chi connectivity index (χ1n) is 9.96. The van der Waals surface area contributed by atoms with Crippen molar-refractivity contribution in [3.63, 3.8) is 0 Å². The van der Waals surface area contributed by atoms with E-state index in [1.165, 1.54) is 36.8 Å². The monoisotopic (exact) mass is 386 g/mol. The Kier molecular flexibility index (Phi) is 7.57. The normalized spacial score (nSPS) is 20.0. The molecule has 146 valence electrons. The first-order chi connectivity index (χ1) is 13.2. The highest BCUT2D eigenvalue weighted by molar-refractivity contribution is 6.30. The maximum absolute atomic E-state index is 6.05. The summed E-state index contributed by atoms with van der Waals surface area (Å²) in [6, 6.07) is 16.6.